The van der Waals surface area contributed by atoms with Gasteiger partial charge in [0.25, 0.3) is 11.6 Å². The molecule has 1 amide bonds. The van der Waals surface area contributed by atoms with Crippen molar-refractivity contribution in [3.05, 3.63) is 33.9 Å². The van der Waals surface area contributed by atoms with E-state index in [2.05, 4.69) is 10.6 Å². The molecule has 0 saturated carbocycles. The van der Waals surface area contributed by atoms with Crippen LogP contribution in [0.3, 0.4) is 0 Å². The maximum atomic E-state index is 12.3. The highest BCUT2D eigenvalue weighted by Crippen LogP contribution is 2.31. The third-order valence-electron chi connectivity index (χ3n) is 4.71. The van der Waals surface area contributed by atoms with Gasteiger partial charge in [-0.05, 0) is 25.0 Å². The van der Waals surface area contributed by atoms with E-state index in [1.807, 2.05) is 4.90 Å². The number of benzene rings is 1. The Kier molecular flexibility index (Phi) is 4.96. The van der Waals surface area contributed by atoms with Gasteiger partial charge in [-0.25, -0.2) is 0 Å². The first kappa shape index (κ1) is 16.7. The first-order valence-electron chi connectivity index (χ1n) is 8.26. The summed E-state index contributed by atoms with van der Waals surface area (Å²) >= 11 is 0. The smallest absolute Gasteiger partial charge is 0.293 e. The van der Waals surface area contributed by atoms with Crippen LogP contribution in [0.1, 0.15) is 23.2 Å². The zero-order chi connectivity index (χ0) is 17.1. The van der Waals surface area contributed by atoms with Crippen LogP contribution in [-0.4, -0.2) is 54.8 Å². The molecular formula is C16H22N4O4. The van der Waals surface area contributed by atoms with E-state index in [0.29, 0.717) is 25.3 Å². The summed E-state index contributed by atoms with van der Waals surface area (Å²) in [6.07, 6.45) is 1.58. The maximum absolute atomic E-state index is 12.3. The normalized spacial score (nSPS) is 23.5. The molecule has 2 atom stereocenters. The van der Waals surface area contributed by atoms with Crippen LogP contribution in [0.5, 0.6) is 0 Å². The highest BCUT2D eigenvalue weighted by molar-refractivity contribution is 5.95. The van der Waals surface area contributed by atoms with Crippen LogP contribution < -0.4 is 15.5 Å². The number of nitrogens with one attached hydrogen (secondary N) is 2. The molecule has 0 radical (unpaired) electrons. The van der Waals surface area contributed by atoms with E-state index in [0.717, 1.165) is 25.9 Å². The van der Waals surface area contributed by atoms with Crippen molar-refractivity contribution in [1.29, 1.82) is 0 Å². The minimum absolute atomic E-state index is 0.0344. The van der Waals surface area contributed by atoms with Gasteiger partial charge >= 0.3 is 0 Å². The number of β-amino-alcohol motifs (C(OH)–C–C–N with tert-alkyl or cyclic N) is 1. The molecule has 2 heterocycles. The Balaban J connectivity index is 1.71. The van der Waals surface area contributed by atoms with Gasteiger partial charge < -0.3 is 20.6 Å². The molecule has 0 aromatic heterocycles. The van der Waals surface area contributed by atoms with Crippen molar-refractivity contribution in [2.75, 3.05) is 37.6 Å². The van der Waals surface area contributed by atoms with Gasteiger partial charge in [-0.15, -0.1) is 0 Å². The van der Waals surface area contributed by atoms with Crippen LogP contribution >= 0.6 is 0 Å². The van der Waals surface area contributed by atoms with E-state index in [1.54, 1.807) is 12.1 Å². The van der Waals surface area contributed by atoms with Crippen LogP contribution in [0.2, 0.25) is 0 Å². The van der Waals surface area contributed by atoms with Crippen LogP contribution in [0.25, 0.3) is 0 Å². The van der Waals surface area contributed by atoms with Gasteiger partial charge in [-0.1, -0.05) is 0 Å². The van der Waals surface area contributed by atoms with Gasteiger partial charge in [-0.2, -0.15) is 0 Å². The molecule has 3 N–H and O–H groups in total. The standard InChI is InChI=1S/C16H22N4O4/c21-15-10-17-8-12(15)9-18-16(22)11-3-4-13(14(7-11)20(23)24)19-5-1-2-6-19/h3-4,7,12,15,17,21H,1-2,5-6,8-10H2,(H,18,22). The summed E-state index contributed by atoms with van der Waals surface area (Å²) in [7, 11) is 0. The second kappa shape index (κ2) is 7.14. The Morgan fingerprint density at radius 3 is 2.75 bits per heavy atom. The van der Waals surface area contributed by atoms with Crippen molar-refractivity contribution >= 4 is 17.3 Å². The molecule has 2 saturated heterocycles. The zero-order valence-corrected chi connectivity index (χ0v) is 13.4. The molecule has 2 unspecified atom stereocenters. The van der Waals surface area contributed by atoms with Gasteiger partial charge in [0.15, 0.2) is 0 Å². The predicted octanol–water partition coefficient (Wildman–Crippen LogP) is 0.505. The summed E-state index contributed by atoms with van der Waals surface area (Å²) in [6, 6.07) is 4.62. The number of nitrogens with zero attached hydrogens (tertiary/aromatic N) is 2. The fourth-order valence-electron chi connectivity index (χ4n) is 3.29. The Hall–Kier alpha value is -2.19. The minimum atomic E-state index is -0.475. The molecule has 1 aromatic carbocycles. The molecule has 3 rings (SSSR count). The topological polar surface area (TPSA) is 108 Å². The van der Waals surface area contributed by atoms with Crippen LogP contribution in [-0.2, 0) is 0 Å². The fourth-order valence-corrected chi connectivity index (χ4v) is 3.29. The average molecular weight is 334 g/mol. The lowest BCUT2D eigenvalue weighted by Crippen LogP contribution is -2.34. The molecule has 2 fully saturated rings. The first-order valence-corrected chi connectivity index (χ1v) is 8.26. The summed E-state index contributed by atoms with van der Waals surface area (Å²) in [6.45, 7) is 3.12. The molecule has 130 valence electrons. The average Bonchev–Trinajstić information content (AvgIpc) is 3.23. The number of nitro benzene ring substituents is 1. The molecule has 0 aliphatic carbocycles. The number of hydrogen-bond acceptors (Lipinski definition) is 6. The van der Waals surface area contributed by atoms with Gasteiger partial charge in [0.2, 0.25) is 0 Å². The number of amides is 1. The number of carbonyl (C=O) groups excluding carboxylic acids is 1. The van der Waals surface area contributed by atoms with Gasteiger partial charge in [-0.3, -0.25) is 14.9 Å². The Morgan fingerprint density at radius 1 is 1.38 bits per heavy atom. The molecular weight excluding hydrogens is 312 g/mol. The van der Waals surface area contributed by atoms with Crippen molar-refractivity contribution in [2.24, 2.45) is 5.92 Å². The van der Waals surface area contributed by atoms with Crippen molar-refractivity contribution in [1.82, 2.24) is 10.6 Å². The molecule has 8 nitrogen and oxygen atoms in total. The van der Waals surface area contributed by atoms with Gasteiger partial charge in [0, 0.05) is 50.3 Å². The van der Waals surface area contributed by atoms with Crippen molar-refractivity contribution in [3.8, 4) is 0 Å². The Bertz CT molecular complexity index is 631. The maximum Gasteiger partial charge on any atom is 0.293 e. The quantitative estimate of drug-likeness (QED) is 0.535. The second-order valence-electron chi connectivity index (χ2n) is 6.35. The SMILES string of the molecule is O=C(NCC1CNCC1O)c1ccc(N2CCCC2)c([N+](=O)[O-])c1. The van der Waals surface area contributed by atoms with Crippen molar-refractivity contribution < 1.29 is 14.8 Å². The van der Waals surface area contributed by atoms with Crippen LogP contribution in [0.4, 0.5) is 11.4 Å². The highest BCUT2D eigenvalue weighted by Gasteiger charge is 2.26. The number of nitro groups is 1. The molecule has 2 aliphatic rings. The van der Waals surface area contributed by atoms with Crippen LogP contribution in [0.15, 0.2) is 18.2 Å². The molecule has 8 heteroatoms. The Morgan fingerprint density at radius 2 is 2.12 bits per heavy atom. The summed E-state index contributed by atoms with van der Waals surface area (Å²) in [4.78, 5) is 25.2. The van der Waals surface area contributed by atoms with E-state index in [4.69, 9.17) is 0 Å². The molecule has 0 spiro atoms. The number of hydrogen-bond donors (Lipinski definition) is 3. The summed E-state index contributed by atoms with van der Waals surface area (Å²) in [5.74, 6) is -0.391. The first-order chi connectivity index (χ1) is 11.6. The van der Waals surface area contributed by atoms with Crippen molar-refractivity contribution in [2.45, 2.75) is 18.9 Å². The zero-order valence-electron chi connectivity index (χ0n) is 13.4. The lowest BCUT2D eigenvalue weighted by molar-refractivity contribution is -0.384. The number of aliphatic hydroxyl groups is 1. The lowest BCUT2D eigenvalue weighted by atomic mass is 10.1. The van der Waals surface area contributed by atoms with E-state index < -0.39 is 11.0 Å². The molecule has 1 aromatic rings. The predicted molar refractivity (Wildman–Crippen MR) is 89.2 cm³/mol. The third-order valence-corrected chi connectivity index (χ3v) is 4.71. The largest absolute Gasteiger partial charge is 0.391 e. The monoisotopic (exact) mass is 334 g/mol. The number of carbonyl (C=O) groups is 1. The third kappa shape index (κ3) is 3.49. The summed E-state index contributed by atoms with van der Waals surface area (Å²) in [5.41, 5.74) is 0.807. The molecule has 0 bridgehead atoms. The van der Waals surface area contributed by atoms with Gasteiger partial charge in [0.1, 0.15) is 5.69 Å². The summed E-state index contributed by atoms with van der Waals surface area (Å²) < 4.78 is 0. The van der Waals surface area contributed by atoms with E-state index >= 15 is 0 Å². The van der Waals surface area contributed by atoms with Crippen LogP contribution in [0, 0.1) is 16.0 Å². The second-order valence-corrected chi connectivity index (χ2v) is 6.35. The fraction of sp³-hybridized carbons (Fsp3) is 0.562. The lowest BCUT2D eigenvalue weighted by Gasteiger charge is -2.18. The Labute approximate surface area is 140 Å². The van der Waals surface area contributed by atoms with E-state index in [9.17, 15) is 20.0 Å². The van der Waals surface area contributed by atoms with Gasteiger partial charge in [0.05, 0.1) is 11.0 Å². The van der Waals surface area contributed by atoms with E-state index in [1.165, 1.54) is 6.07 Å². The highest BCUT2D eigenvalue weighted by atomic mass is 16.6. The number of aliphatic hydroxyl groups excluding tert-OH is 1. The summed E-state index contributed by atoms with van der Waals surface area (Å²) in [5, 5.41) is 26.9. The molecule has 2 aliphatic heterocycles. The minimum Gasteiger partial charge on any atom is -0.391 e. The number of anilines is 1. The van der Waals surface area contributed by atoms with E-state index in [-0.39, 0.29) is 23.1 Å². The van der Waals surface area contributed by atoms with Crippen molar-refractivity contribution in [3.63, 3.8) is 0 Å². The molecule has 24 heavy (non-hydrogen) atoms. The number of rotatable bonds is 5.